The fraction of sp³-hybridized carbons (Fsp3) is 0.429. The van der Waals surface area contributed by atoms with Crippen molar-refractivity contribution < 1.29 is 22.4 Å². The highest BCUT2D eigenvalue weighted by Crippen LogP contribution is 2.28. The molecule has 2 aromatic rings. The molecular weight excluding hydrogens is 492 g/mol. The highest BCUT2D eigenvalue weighted by atomic mass is 32.2. The minimum Gasteiger partial charge on any atom is -0.361 e. The summed E-state index contributed by atoms with van der Waals surface area (Å²) in [6, 6.07) is 1.99. The molecule has 1 saturated heterocycles. The van der Waals surface area contributed by atoms with Crippen molar-refractivity contribution in [3.05, 3.63) is 44.9 Å². The van der Waals surface area contributed by atoms with Gasteiger partial charge in [-0.3, -0.25) is 9.79 Å². The lowest BCUT2D eigenvalue weighted by Crippen LogP contribution is -2.56. The van der Waals surface area contributed by atoms with Crippen molar-refractivity contribution >= 4 is 47.7 Å². The Labute approximate surface area is 203 Å². The summed E-state index contributed by atoms with van der Waals surface area (Å²) in [6.45, 7) is 8.46. The summed E-state index contributed by atoms with van der Waals surface area (Å²) in [6.07, 6.45) is -2.61. The molecule has 1 atom stereocenters. The first-order chi connectivity index (χ1) is 16.0. The molecule has 1 fully saturated rings. The number of piperazine rings is 1. The first-order valence-corrected chi connectivity index (χ1v) is 12.0. The van der Waals surface area contributed by atoms with Crippen LogP contribution in [0.15, 0.2) is 28.7 Å². The summed E-state index contributed by atoms with van der Waals surface area (Å²) in [5.74, 6) is 1.60. The third-order valence-electron chi connectivity index (χ3n) is 4.63. The second-order valence-corrected chi connectivity index (χ2v) is 9.35. The fourth-order valence-electron chi connectivity index (χ4n) is 2.92. The smallest absolute Gasteiger partial charge is 0.361 e. The first-order valence-electron chi connectivity index (χ1n) is 10.1. The van der Waals surface area contributed by atoms with Gasteiger partial charge in [-0.05, 0) is 44.5 Å². The van der Waals surface area contributed by atoms with E-state index in [0.29, 0.717) is 4.90 Å². The molecule has 1 N–H and O–H groups in total. The van der Waals surface area contributed by atoms with Crippen LogP contribution in [-0.4, -0.2) is 70.8 Å². The van der Waals surface area contributed by atoms with Crippen LogP contribution in [0.2, 0.25) is 0 Å². The Kier molecular flexibility index (Phi) is 10.5. The van der Waals surface area contributed by atoms with E-state index < -0.39 is 18.8 Å². The molecule has 0 saturated carbocycles. The Balaban J connectivity index is 0.000000270. The van der Waals surface area contributed by atoms with Crippen LogP contribution in [0.4, 0.5) is 23.5 Å². The molecule has 1 aliphatic heterocycles. The number of halogens is 4. The number of pyridine rings is 1. The topological polar surface area (TPSA) is 73.7 Å². The molecule has 0 spiro atoms. The second kappa shape index (κ2) is 12.8. The van der Waals surface area contributed by atoms with Gasteiger partial charge in [-0.2, -0.15) is 13.2 Å². The first kappa shape index (κ1) is 27.7. The SMILES string of the molecule is C=N/C(=C\SCNc1ccc(C)cn1)c1sc(C)nc1C.O=CN1CCN(F)CC1C(F)(F)F. The molecule has 13 heteroatoms. The summed E-state index contributed by atoms with van der Waals surface area (Å²) < 4.78 is 48.9. The van der Waals surface area contributed by atoms with E-state index in [2.05, 4.69) is 27.0 Å². The van der Waals surface area contributed by atoms with Gasteiger partial charge >= 0.3 is 6.18 Å². The van der Waals surface area contributed by atoms with Crippen LogP contribution in [0.25, 0.3) is 5.70 Å². The van der Waals surface area contributed by atoms with Crippen LogP contribution >= 0.6 is 23.1 Å². The maximum absolute atomic E-state index is 12.5. The van der Waals surface area contributed by atoms with Crippen LogP contribution in [0, 0.1) is 20.8 Å². The summed E-state index contributed by atoms with van der Waals surface area (Å²) in [7, 11) is 0. The number of aromatic nitrogens is 2. The van der Waals surface area contributed by atoms with Gasteiger partial charge in [0.15, 0.2) is 0 Å². The molecule has 1 unspecified atom stereocenters. The monoisotopic (exact) mass is 518 g/mol. The van der Waals surface area contributed by atoms with Gasteiger partial charge in [-0.1, -0.05) is 6.07 Å². The van der Waals surface area contributed by atoms with E-state index in [4.69, 9.17) is 0 Å². The fourth-order valence-corrected chi connectivity index (χ4v) is 4.56. The number of nitrogens with one attached hydrogen (secondary N) is 1. The molecule has 1 aliphatic rings. The lowest BCUT2D eigenvalue weighted by molar-refractivity contribution is -0.209. The molecule has 3 heterocycles. The van der Waals surface area contributed by atoms with E-state index in [-0.39, 0.29) is 24.6 Å². The highest BCUT2D eigenvalue weighted by molar-refractivity contribution is 8.02. The van der Waals surface area contributed by atoms with Crippen LogP contribution in [0.1, 0.15) is 21.1 Å². The molecule has 0 bridgehead atoms. The van der Waals surface area contributed by atoms with Gasteiger partial charge in [0.05, 0.1) is 33.7 Å². The molecule has 1 amide bonds. The summed E-state index contributed by atoms with van der Waals surface area (Å²) in [5, 5.41) is 6.38. The van der Waals surface area contributed by atoms with Gasteiger partial charge < -0.3 is 10.2 Å². The lowest BCUT2D eigenvalue weighted by Gasteiger charge is -2.36. The average Bonchev–Trinajstić information content (AvgIpc) is 3.12. The number of alkyl halides is 3. The van der Waals surface area contributed by atoms with E-state index in [1.54, 1.807) is 23.1 Å². The van der Waals surface area contributed by atoms with E-state index in [1.807, 2.05) is 44.5 Å². The Morgan fingerprint density at radius 1 is 1.35 bits per heavy atom. The number of hydrogen-bond acceptors (Lipinski definition) is 8. The molecular formula is C21H26F4N6OS2. The van der Waals surface area contributed by atoms with Crippen molar-refractivity contribution in [2.45, 2.75) is 33.0 Å². The number of rotatable bonds is 7. The number of thioether (sulfide) groups is 1. The Hall–Kier alpha value is -2.51. The Bertz CT molecular complexity index is 981. The number of nitrogens with zero attached hydrogens (tertiary/aromatic N) is 5. The largest absolute Gasteiger partial charge is 0.410 e. The van der Waals surface area contributed by atoms with Crippen molar-refractivity contribution in [3.8, 4) is 0 Å². The van der Waals surface area contributed by atoms with Gasteiger partial charge in [0.25, 0.3) is 0 Å². The molecule has 0 radical (unpaired) electrons. The van der Waals surface area contributed by atoms with E-state index in [0.717, 1.165) is 38.5 Å². The zero-order valence-corrected chi connectivity index (χ0v) is 20.6. The lowest BCUT2D eigenvalue weighted by atomic mass is 10.2. The quantitative estimate of drug-likeness (QED) is 0.141. The number of carbonyl (C=O) groups is 1. The minimum absolute atomic E-state index is 0.0676. The zero-order chi connectivity index (χ0) is 25.3. The van der Waals surface area contributed by atoms with E-state index in [9.17, 15) is 22.4 Å². The Morgan fingerprint density at radius 3 is 2.62 bits per heavy atom. The van der Waals surface area contributed by atoms with Gasteiger partial charge in [0.2, 0.25) is 6.41 Å². The molecule has 0 aliphatic carbocycles. The number of aliphatic imine (C=N–C) groups is 1. The molecule has 186 valence electrons. The number of hydrogen-bond donors (Lipinski definition) is 1. The normalized spacial score (nSPS) is 17.1. The number of aryl methyl sites for hydroxylation is 3. The molecule has 3 rings (SSSR count). The van der Waals surface area contributed by atoms with Gasteiger partial charge in [0.1, 0.15) is 11.9 Å². The predicted octanol–water partition coefficient (Wildman–Crippen LogP) is 4.84. The molecule has 34 heavy (non-hydrogen) atoms. The van der Waals surface area contributed by atoms with Crippen molar-refractivity contribution in [1.29, 1.82) is 0 Å². The van der Waals surface area contributed by atoms with Gasteiger partial charge in [-0.25, -0.2) is 9.97 Å². The summed E-state index contributed by atoms with van der Waals surface area (Å²) in [4.78, 5) is 24.7. The summed E-state index contributed by atoms with van der Waals surface area (Å²) in [5.41, 5.74) is 3.04. The maximum atomic E-state index is 12.5. The van der Waals surface area contributed by atoms with Crippen molar-refractivity contribution in [2.24, 2.45) is 4.99 Å². The second-order valence-electron chi connectivity index (χ2n) is 7.29. The van der Waals surface area contributed by atoms with Crippen molar-refractivity contribution in [2.75, 3.05) is 30.8 Å². The van der Waals surface area contributed by atoms with Crippen LogP contribution in [-0.2, 0) is 4.79 Å². The number of thiazole rings is 1. The highest BCUT2D eigenvalue weighted by Gasteiger charge is 2.46. The maximum Gasteiger partial charge on any atom is 0.410 e. The average molecular weight is 519 g/mol. The third kappa shape index (κ3) is 8.37. The van der Waals surface area contributed by atoms with E-state index in [1.165, 1.54) is 0 Å². The van der Waals surface area contributed by atoms with Gasteiger partial charge in [0, 0.05) is 19.3 Å². The molecule has 0 aromatic carbocycles. The van der Waals surface area contributed by atoms with Gasteiger partial charge in [-0.15, -0.1) is 32.7 Å². The van der Waals surface area contributed by atoms with Crippen LogP contribution < -0.4 is 5.32 Å². The predicted molar refractivity (Wildman–Crippen MR) is 129 cm³/mol. The minimum atomic E-state index is -4.56. The number of amides is 1. The van der Waals surface area contributed by atoms with Crippen molar-refractivity contribution in [1.82, 2.24) is 20.0 Å². The molecule has 2 aromatic heterocycles. The zero-order valence-electron chi connectivity index (χ0n) is 19.0. The molecule has 7 nitrogen and oxygen atoms in total. The van der Waals surface area contributed by atoms with E-state index >= 15 is 0 Å². The number of carbonyl (C=O) groups excluding carboxylic acids is 1. The van der Waals surface area contributed by atoms with Crippen molar-refractivity contribution in [3.63, 3.8) is 0 Å². The third-order valence-corrected chi connectivity index (χ3v) is 6.43. The number of anilines is 1. The standard InChI is InChI=1S/C15H18N4S2.C6H8F4N2O/c1-10-5-6-14(17-7-10)18-9-20-8-13(16-4)15-11(2)19-12(3)21-15;7-6(8,9)5-3-12(10)2-1-11(5)4-13/h5-8H,4,9H2,1-3H3,(H,17,18);4-5H,1-3H2/b13-8-;. The van der Waals surface area contributed by atoms with Crippen LogP contribution in [0.5, 0.6) is 0 Å². The summed E-state index contributed by atoms with van der Waals surface area (Å²) >= 11 is 3.27. The van der Waals surface area contributed by atoms with Crippen LogP contribution in [0.3, 0.4) is 0 Å². The Morgan fingerprint density at radius 2 is 2.09 bits per heavy atom.